The van der Waals surface area contributed by atoms with E-state index in [0.717, 1.165) is 15.7 Å². The van der Waals surface area contributed by atoms with E-state index < -0.39 is 0 Å². The first-order valence-corrected chi connectivity index (χ1v) is 5.87. The molecule has 0 unspecified atom stereocenters. The molecule has 0 heterocycles. The zero-order chi connectivity index (χ0) is 12.1. The number of aryl methyl sites for hydroxylation is 1. The van der Waals surface area contributed by atoms with Crippen LogP contribution in [0.1, 0.15) is 12.0 Å². The molecule has 0 saturated carbocycles. The third-order valence-corrected chi connectivity index (χ3v) is 3.14. The van der Waals surface area contributed by atoms with Gasteiger partial charge in [-0.15, -0.1) is 0 Å². The third-order valence-electron chi connectivity index (χ3n) is 2.07. The topological polar surface area (TPSA) is 70.6 Å². The summed E-state index contributed by atoms with van der Waals surface area (Å²) in [6.45, 7) is 2.52. The Bertz CT molecular complexity index is 409. The van der Waals surface area contributed by atoms with Crippen LogP contribution in [0.3, 0.4) is 0 Å². The van der Waals surface area contributed by atoms with Crippen molar-refractivity contribution in [2.24, 2.45) is 10.9 Å². The lowest BCUT2D eigenvalue weighted by molar-refractivity contribution is 0.317. The van der Waals surface area contributed by atoms with Crippen molar-refractivity contribution in [1.82, 2.24) is 0 Å². The number of anilines is 1. The fourth-order valence-electron chi connectivity index (χ4n) is 1.16. The number of nitrogens with one attached hydrogen (secondary N) is 1. The Morgan fingerprint density at radius 1 is 1.62 bits per heavy atom. The normalized spacial score (nSPS) is 11.6. The van der Waals surface area contributed by atoms with E-state index in [1.54, 1.807) is 0 Å². The minimum Gasteiger partial charge on any atom is -0.409 e. The van der Waals surface area contributed by atoms with E-state index in [1.807, 2.05) is 19.1 Å². The Balaban J connectivity index is 2.64. The van der Waals surface area contributed by atoms with Gasteiger partial charge in [-0.2, -0.15) is 0 Å². The van der Waals surface area contributed by atoms with Crippen molar-refractivity contribution in [1.29, 1.82) is 0 Å². The van der Waals surface area contributed by atoms with E-state index in [2.05, 4.69) is 26.4 Å². The van der Waals surface area contributed by atoms with Gasteiger partial charge in [0.15, 0.2) is 0 Å². The van der Waals surface area contributed by atoms with Gasteiger partial charge in [-0.25, -0.2) is 0 Å². The number of hydrogen-bond acceptors (Lipinski definition) is 3. The highest BCUT2D eigenvalue weighted by Crippen LogP contribution is 2.28. The number of nitrogens with zero attached hydrogens (tertiary/aromatic N) is 1. The highest BCUT2D eigenvalue weighted by atomic mass is 79.9. The molecule has 0 saturated heterocycles. The van der Waals surface area contributed by atoms with E-state index in [1.165, 1.54) is 0 Å². The maximum absolute atomic E-state index is 8.37. The van der Waals surface area contributed by atoms with Crippen molar-refractivity contribution in [3.05, 3.63) is 27.2 Å². The standard InChI is InChI=1S/C10H13BrClN3O/c1-6-4-7(11)9(5-8(6)12)14-3-2-10(13)15-16/h4-5,14,16H,2-3H2,1H3,(H2,13,15). The summed E-state index contributed by atoms with van der Waals surface area (Å²) in [5.41, 5.74) is 7.25. The maximum Gasteiger partial charge on any atom is 0.140 e. The molecule has 0 spiro atoms. The Morgan fingerprint density at radius 3 is 2.94 bits per heavy atom. The van der Waals surface area contributed by atoms with E-state index >= 15 is 0 Å². The lowest BCUT2D eigenvalue weighted by atomic mass is 10.2. The van der Waals surface area contributed by atoms with Crippen molar-refractivity contribution < 1.29 is 5.21 Å². The summed E-state index contributed by atoms with van der Waals surface area (Å²) in [5, 5.41) is 15.1. The molecule has 0 aliphatic heterocycles. The molecule has 88 valence electrons. The molecule has 0 aliphatic carbocycles. The average molecular weight is 307 g/mol. The first kappa shape index (κ1) is 13.1. The number of rotatable bonds is 4. The summed E-state index contributed by atoms with van der Waals surface area (Å²) >= 11 is 9.44. The van der Waals surface area contributed by atoms with E-state index in [-0.39, 0.29) is 5.84 Å². The van der Waals surface area contributed by atoms with Crippen LogP contribution >= 0.6 is 27.5 Å². The van der Waals surface area contributed by atoms with Gasteiger partial charge in [-0.1, -0.05) is 16.8 Å². The molecule has 4 N–H and O–H groups in total. The summed E-state index contributed by atoms with van der Waals surface area (Å²) < 4.78 is 0.939. The zero-order valence-electron chi connectivity index (χ0n) is 8.80. The Labute approximate surface area is 108 Å². The van der Waals surface area contributed by atoms with E-state index in [9.17, 15) is 0 Å². The first-order chi connectivity index (χ1) is 7.54. The Morgan fingerprint density at radius 2 is 2.31 bits per heavy atom. The summed E-state index contributed by atoms with van der Waals surface area (Å²) in [7, 11) is 0. The lowest BCUT2D eigenvalue weighted by Crippen LogP contribution is -2.16. The van der Waals surface area contributed by atoms with Gasteiger partial charge in [0, 0.05) is 28.1 Å². The van der Waals surface area contributed by atoms with E-state index in [0.29, 0.717) is 18.0 Å². The molecule has 0 fully saturated rings. The summed E-state index contributed by atoms with van der Waals surface area (Å²) in [6, 6.07) is 3.78. The van der Waals surface area contributed by atoms with Crippen molar-refractivity contribution in [3.63, 3.8) is 0 Å². The van der Waals surface area contributed by atoms with Gasteiger partial charge in [0.1, 0.15) is 5.84 Å². The second-order valence-corrected chi connectivity index (χ2v) is 4.61. The highest BCUT2D eigenvalue weighted by molar-refractivity contribution is 9.10. The van der Waals surface area contributed by atoms with Crippen LogP contribution in [0.15, 0.2) is 21.8 Å². The molecule has 16 heavy (non-hydrogen) atoms. The number of benzene rings is 1. The Hall–Kier alpha value is -0.940. The molecule has 4 nitrogen and oxygen atoms in total. The molecule has 0 bridgehead atoms. The van der Waals surface area contributed by atoms with Gasteiger partial charge in [0.05, 0.1) is 0 Å². The number of halogens is 2. The highest BCUT2D eigenvalue weighted by Gasteiger charge is 2.04. The minimum absolute atomic E-state index is 0.196. The van der Waals surface area contributed by atoms with Gasteiger partial charge < -0.3 is 16.3 Å². The summed E-state index contributed by atoms with van der Waals surface area (Å²) in [5.74, 6) is 0.196. The Kier molecular flexibility index (Phi) is 4.89. The number of nitrogens with two attached hydrogens (primary N) is 1. The molecule has 0 radical (unpaired) electrons. The second-order valence-electron chi connectivity index (χ2n) is 3.35. The summed E-state index contributed by atoms with van der Waals surface area (Å²) in [6.07, 6.45) is 0.467. The first-order valence-electron chi connectivity index (χ1n) is 4.70. The molecule has 1 aromatic rings. The zero-order valence-corrected chi connectivity index (χ0v) is 11.1. The summed E-state index contributed by atoms with van der Waals surface area (Å²) in [4.78, 5) is 0. The van der Waals surface area contributed by atoms with Gasteiger partial charge in [-0.05, 0) is 40.5 Å². The van der Waals surface area contributed by atoms with Gasteiger partial charge in [0.2, 0.25) is 0 Å². The number of amidine groups is 1. The van der Waals surface area contributed by atoms with Crippen LogP contribution in [0.25, 0.3) is 0 Å². The fraction of sp³-hybridized carbons (Fsp3) is 0.300. The molecule has 0 aromatic heterocycles. The lowest BCUT2D eigenvalue weighted by Gasteiger charge is -2.10. The monoisotopic (exact) mass is 305 g/mol. The molecule has 6 heteroatoms. The molecule has 0 amide bonds. The van der Waals surface area contributed by atoms with Crippen LogP contribution in [0.2, 0.25) is 5.02 Å². The van der Waals surface area contributed by atoms with Crippen molar-refractivity contribution in [2.45, 2.75) is 13.3 Å². The van der Waals surface area contributed by atoms with Crippen LogP contribution in [0, 0.1) is 6.92 Å². The number of hydrogen-bond donors (Lipinski definition) is 3. The maximum atomic E-state index is 8.37. The SMILES string of the molecule is Cc1cc(Br)c(NCC/C(N)=N/O)cc1Cl. The molecule has 1 rings (SSSR count). The van der Waals surface area contributed by atoms with Crippen LogP contribution in [0.5, 0.6) is 0 Å². The predicted octanol–water partition coefficient (Wildman–Crippen LogP) is 2.96. The van der Waals surface area contributed by atoms with Crippen molar-refractivity contribution in [3.8, 4) is 0 Å². The smallest absolute Gasteiger partial charge is 0.140 e. The predicted molar refractivity (Wildman–Crippen MR) is 70.4 cm³/mol. The molecular formula is C10H13BrClN3O. The largest absolute Gasteiger partial charge is 0.409 e. The van der Waals surface area contributed by atoms with Crippen molar-refractivity contribution >= 4 is 39.1 Å². The van der Waals surface area contributed by atoms with Gasteiger partial charge in [-0.3, -0.25) is 0 Å². The van der Waals surface area contributed by atoms with Crippen LogP contribution in [-0.4, -0.2) is 17.6 Å². The number of oxime groups is 1. The molecular weight excluding hydrogens is 293 g/mol. The quantitative estimate of drug-likeness (QED) is 0.347. The van der Waals surface area contributed by atoms with Gasteiger partial charge >= 0.3 is 0 Å². The molecule has 0 aliphatic rings. The fourth-order valence-corrected chi connectivity index (χ4v) is 1.92. The second kappa shape index (κ2) is 5.96. The van der Waals surface area contributed by atoms with Gasteiger partial charge in [0.25, 0.3) is 0 Å². The van der Waals surface area contributed by atoms with Crippen molar-refractivity contribution in [2.75, 3.05) is 11.9 Å². The third kappa shape index (κ3) is 3.57. The average Bonchev–Trinajstić information content (AvgIpc) is 2.25. The molecule has 0 atom stereocenters. The van der Waals surface area contributed by atoms with Crippen LogP contribution < -0.4 is 11.1 Å². The van der Waals surface area contributed by atoms with E-state index in [4.69, 9.17) is 22.5 Å². The minimum atomic E-state index is 0.196. The van der Waals surface area contributed by atoms with Crippen LogP contribution in [-0.2, 0) is 0 Å². The molecule has 1 aromatic carbocycles. The van der Waals surface area contributed by atoms with Crippen LogP contribution in [0.4, 0.5) is 5.69 Å².